The molecule has 0 aromatic carbocycles. The Bertz CT molecular complexity index is 209. The molecule has 1 unspecified atom stereocenters. The number of likely N-dealkylation sites (N-methyl/N-ethyl adjacent to an activating group) is 1. The molecule has 0 aliphatic heterocycles. The first kappa shape index (κ1) is 10.7. The van der Waals surface area contributed by atoms with Gasteiger partial charge in [0.05, 0.1) is 0 Å². The SMILES string of the molecule is CNCC(C)NCCc1cccs1. The van der Waals surface area contributed by atoms with Gasteiger partial charge in [0.15, 0.2) is 0 Å². The standard InChI is InChI=1S/C10H18N2S/c1-9(8-11-2)12-6-5-10-4-3-7-13-10/h3-4,7,9,11-12H,5-6,8H2,1-2H3. The zero-order chi connectivity index (χ0) is 9.52. The van der Waals surface area contributed by atoms with Crippen molar-refractivity contribution in [2.24, 2.45) is 0 Å². The van der Waals surface area contributed by atoms with Crippen LogP contribution >= 0.6 is 11.3 Å². The van der Waals surface area contributed by atoms with Crippen molar-refractivity contribution in [2.45, 2.75) is 19.4 Å². The van der Waals surface area contributed by atoms with Crippen molar-refractivity contribution >= 4 is 11.3 Å². The summed E-state index contributed by atoms with van der Waals surface area (Å²) in [5.74, 6) is 0. The van der Waals surface area contributed by atoms with Crippen LogP contribution in [0.15, 0.2) is 17.5 Å². The van der Waals surface area contributed by atoms with Crippen LogP contribution < -0.4 is 10.6 Å². The smallest absolute Gasteiger partial charge is 0.0164 e. The maximum absolute atomic E-state index is 3.47. The van der Waals surface area contributed by atoms with Crippen LogP contribution in [0.25, 0.3) is 0 Å². The van der Waals surface area contributed by atoms with Crippen LogP contribution in [0.1, 0.15) is 11.8 Å². The maximum atomic E-state index is 3.47. The maximum Gasteiger partial charge on any atom is 0.0164 e. The Labute approximate surface area is 84.4 Å². The zero-order valence-electron chi connectivity index (χ0n) is 8.34. The van der Waals surface area contributed by atoms with Crippen LogP contribution in [0, 0.1) is 0 Å². The van der Waals surface area contributed by atoms with Gasteiger partial charge in [-0.05, 0) is 31.8 Å². The summed E-state index contributed by atoms with van der Waals surface area (Å²) in [6, 6.07) is 4.86. The van der Waals surface area contributed by atoms with E-state index in [1.54, 1.807) is 0 Å². The molecule has 1 rings (SSSR count). The zero-order valence-corrected chi connectivity index (χ0v) is 9.16. The predicted molar refractivity (Wildman–Crippen MR) is 59.4 cm³/mol. The van der Waals surface area contributed by atoms with Gasteiger partial charge in [0.2, 0.25) is 0 Å². The van der Waals surface area contributed by atoms with Crippen molar-refractivity contribution in [3.63, 3.8) is 0 Å². The molecule has 1 atom stereocenters. The fourth-order valence-electron chi connectivity index (χ4n) is 1.27. The molecule has 1 aromatic heterocycles. The monoisotopic (exact) mass is 198 g/mol. The third-order valence-corrected chi connectivity index (χ3v) is 2.89. The van der Waals surface area contributed by atoms with Gasteiger partial charge >= 0.3 is 0 Å². The largest absolute Gasteiger partial charge is 0.318 e. The molecule has 0 amide bonds. The highest BCUT2D eigenvalue weighted by atomic mass is 32.1. The van der Waals surface area contributed by atoms with Gasteiger partial charge in [-0.2, -0.15) is 0 Å². The summed E-state index contributed by atoms with van der Waals surface area (Å²) in [5, 5.41) is 8.75. The average Bonchev–Trinajstić information content (AvgIpc) is 2.57. The van der Waals surface area contributed by atoms with Crippen LogP contribution in [0.4, 0.5) is 0 Å². The molecule has 2 N–H and O–H groups in total. The van der Waals surface area contributed by atoms with E-state index in [-0.39, 0.29) is 0 Å². The van der Waals surface area contributed by atoms with E-state index in [0.717, 1.165) is 19.5 Å². The van der Waals surface area contributed by atoms with Crippen molar-refractivity contribution in [3.8, 4) is 0 Å². The van der Waals surface area contributed by atoms with E-state index in [4.69, 9.17) is 0 Å². The van der Waals surface area contributed by atoms with Crippen molar-refractivity contribution < 1.29 is 0 Å². The van der Waals surface area contributed by atoms with Crippen LogP contribution in [-0.2, 0) is 6.42 Å². The summed E-state index contributed by atoms with van der Waals surface area (Å²) in [7, 11) is 1.98. The molecule has 2 nitrogen and oxygen atoms in total. The van der Waals surface area contributed by atoms with Crippen molar-refractivity contribution in [2.75, 3.05) is 20.1 Å². The van der Waals surface area contributed by atoms with Crippen molar-refractivity contribution in [1.29, 1.82) is 0 Å². The predicted octanol–water partition coefficient (Wildman–Crippen LogP) is 1.49. The number of rotatable bonds is 6. The van der Waals surface area contributed by atoms with Crippen LogP contribution in [0.3, 0.4) is 0 Å². The Hall–Kier alpha value is -0.380. The highest BCUT2D eigenvalue weighted by molar-refractivity contribution is 7.09. The van der Waals surface area contributed by atoms with Gasteiger partial charge in [-0.25, -0.2) is 0 Å². The molecule has 3 heteroatoms. The Morgan fingerprint density at radius 3 is 3.00 bits per heavy atom. The molecule has 0 saturated carbocycles. The quantitative estimate of drug-likeness (QED) is 0.723. The van der Waals surface area contributed by atoms with Gasteiger partial charge < -0.3 is 10.6 Å². The summed E-state index contributed by atoms with van der Waals surface area (Å²) < 4.78 is 0. The highest BCUT2D eigenvalue weighted by Crippen LogP contribution is 2.07. The molecule has 0 saturated heterocycles. The van der Waals surface area contributed by atoms with E-state index in [0.29, 0.717) is 6.04 Å². The Kier molecular flexibility index (Phi) is 5.05. The second kappa shape index (κ2) is 6.13. The summed E-state index contributed by atoms with van der Waals surface area (Å²) in [6.45, 7) is 4.30. The van der Waals surface area contributed by atoms with Crippen molar-refractivity contribution in [3.05, 3.63) is 22.4 Å². The van der Waals surface area contributed by atoms with Crippen LogP contribution in [0.2, 0.25) is 0 Å². The molecule has 0 spiro atoms. The lowest BCUT2D eigenvalue weighted by molar-refractivity contribution is 0.527. The van der Waals surface area contributed by atoms with Gasteiger partial charge in [0.25, 0.3) is 0 Å². The minimum absolute atomic E-state index is 0.560. The molecular weight excluding hydrogens is 180 g/mol. The summed E-state index contributed by atoms with van der Waals surface area (Å²) in [6.07, 6.45) is 1.14. The molecule has 0 fully saturated rings. The normalized spacial score (nSPS) is 13.1. The second-order valence-corrected chi connectivity index (χ2v) is 4.27. The number of hydrogen-bond acceptors (Lipinski definition) is 3. The molecule has 0 aliphatic carbocycles. The highest BCUT2D eigenvalue weighted by Gasteiger charge is 1.98. The van der Waals surface area contributed by atoms with E-state index < -0.39 is 0 Å². The summed E-state index contributed by atoms with van der Waals surface area (Å²) in [4.78, 5) is 1.46. The topological polar surface area (TPSA) is 24.1 Å². The van der Waals surface area contributed by atoms with Gasteiger partial charge in [-0.15, -0.1) is 11.3 Å². The van der Waals surface area contributed by atoms with E-state index >= 15 is 0 Å². The lowest BCUT2D eigenvalue weighted by atomic mass is 10.3. The van der Waals surface area contributed by atoms with Gasteiger partial charge in [-0.1, -0.05) is 6.07 Å². The van der Waals surface area contributed by atoms with E-state index in [2.05, 4.69) is 35.1 Å². The molecule has 0 bridgehead atoms. The van der Waals surface area contributed by atoms with E-state index in [1.807, 2.05) is 18.4 Å². The fourth-order valence-corrected chi connectivity index (χ4v) is 1.98. The van der Waals surface area contributed by atoms with Crippen molar-refractivity contribution in [1.82, 2.24) is 10.6 Å². The Morgan fingerprint density at radius 1 is 1.54 bits per heavy atom. The summed E-state index contributed by atoms with van der Waals surface area (Å²) >= 11 is 1.83. The Morgan fingerprint density at radius 2 is 2.38 bits per heavy atom. The molecule has 0 aliphatic rings. The first-order valence-electron chi connectivity index (χ1n) is 4.73. The van der Waals surface area contributed by atoms with Gasteiger partial charge in [0, 0.05) is 24.0 Å². The van der Waals surface area contributed by atoms with Gasteiger partial charge in [-0.3, -0.25) is 0 Å². The molecule has 1 heterocycles. The first-order chi connectivity index (χ1) is 6.33. The Balaban J connectivity index is 2.07. The lowest BCUT2D eigenvalue weighted by Gasteiger charge is -2.12. The average molecular weight is 198 g/mol. The molecular formula is C10H18N2S. The number of hydrogen-bond donors (Lipinski definition) is 2. The summed E-state index contributed by atoms with van der Waals surface area (Å²) in [5.41, 5.74) is 0. The minimum Gasteiger partial charge on any atom is -0.318 e. The molecule has 0 radical (unpaired) electrons. The van der Waals surface area contributed by atoms with Gasteiger partial charge in [0.1, 0.15) is 0 Å². The lowest BCUT2D eigenvalue weighted by Crippen LogP contribution is -2.35. The third-order valence-electron chi connectivity index (χ3n) is 1.95. The fraction of sp³-hybridized carbons (Fsp3) is 0.600. The van der Waals surface area contributed by atoms with E-state index in [1.165, 1.54) is 4.88 Å². The number of thiophene rings is 1. The molecule has 1 aromatic rings. The molecule has 74 valence electrons. The third kappa shape index (κ3) is 4.41. The second-order valence-electron chi connectivity index (χ2n) is 3.24. The molecule has 13 heavy (non-hydrogen) atoms. The van der Waals surface area contributed by atoms with Crippen LogP contribution in [-0.4, -0.2) is 26.2 Å². The van der Waals surface area contributed by atoms with E-state index in [9.17, 15) is 0 Å². The number of nitrogens with one attached hydrogen (secondary N) is 2. The van der Waals surface area contributed by atoms with Crippen LogP contribution in [0.5, 0.6) is 0 Å². The minimum atomic E-state index is 0.560. The first-order valence-corrected chi connectivity index (χ1v) is 5.61.